The summed E-state index contributed by atoms with van der Waals surface area (Å²) in [5.41, 5.74) is 0. The standard InChI is InChI=1S/C10H20N4O2/c1-9-13-7-12-4-6-16-10(2)14(12)8-11(13)3-5-15-9/h9-10H,3-8H2,1-2H3. The van der Waals surface area contributed by atoms with E-state index in [0.29, 0.717) is 0 Å². The van der Waals surface area contributed by atoms with Gasteiger partial charge in [-0.15, -0.1) is 0 Å². The Morgan fingerprint density at radius 2 is 1.25 bits per heavy atom. The molecule has 2 atom stereocenters. The van der Waals surface area contributed by atoms with Gasteiger partial charge in [0.05, 0.1) is 26.6 Å². The predicted molar refractivity (Wildman–Crippen MR) is 57.7 cm³/mol. The summed E-state index contributed by atoms with van der Waals surface area (Å²) in [5, 5.41) is 9.32. The molecule has 0 saturated carbocycles. The summed E-state index contributed by atoms with van der Waals surface area (Å²) in [7, 11) is 0. The molecule has 0 N–H and O–H groups in total. The van der Waals surface area contributed by atoms with Crippen LogP contribution >= 0.6 is 0 Å². The highest BCUT2D eigenvalue weighted by atomic mass is 16.5. The predicted octanol–water partition coefficient (Wildman–Crippen LogP) is -0.295. The van der Waals surface area contributed by atoms with Crippen LogP contribution in [0.4, 0.5) is 0 Å². The van der Waals surface area contributed by atoms with Crippen molar-refractivity contribution >= 4 is 0 Å². The van der Waals surface area contributed by atoms with E-state index in [1.165, 1.54) is 0 Å². The Kier molecular flexibility index (Phi) is 2.87. The first-order valence-electron chi connectivity index (χ1n) is 6.02. The van der Waals surface area contributed by atoms with Crippen molar-refractivity contribution in [2.75, 3.05) is 39.6 Å². The minimum Gasteiger partial charge on any atom is -0.361 e. The molecule has 92 valence electrons. The Balaban J connectivity index is 1.74. The Morgan fingerprint density at radius 1 is 0.812 bits per heavy atom. The molecule has 0 spiro atoms. The Bertz CT molecular complexity index is 239. The fourth-order valence-corrected chi connectivity index (χ4v) is 2.59. The average molecular weight is 228 g/mol. The number of ether oxygens (including phenoxy) is 2. The molecule has 3 rings (SSSR count). The number of rotatable bonds is 0. The third-order valence-electron chi connectivity index (χ3n) is 3.60. The van der Waals surface area contributed by atoms with Crippen LogP contribution in [0.1, 0.15) is 13.8 Å². The van der Waals surface area contributed by atoms with Gasteiger partial charge in [-0.25, -0.2) is 10.0 Å². The number of fused-ring (bicyclic) bond motifs is 2. The number of hydrogen-bond donors (Lipinski definition) is 0. The third-order valence-corrected chi connectivity index (χ3v) is 3.60. The van der Waals surface area contributed by atoms with Crippen molar-refractivity contribution < 1.29 is 9.47 Å². The molecule has 0 bridgehead atoms. The summed E-state index contributed by atoms with van der Waals surface area (Å²) in [6.45, 7) is 9.64. The van der Waals surface area contributed by atoms with Crippen LogP contribution in [0.15, 0.2) is 0 Å². The van der Waals surface area contributed by atoms with E-state index in [1.54, 1.807) is 0 Å². The second-order valence-electron chi connectivity index (χ2n) is 4.56. The molecule has 0 aromatic carbocycles. The number of hydrogen-bond acceptors (Lipinski definition) is 6. The molecule has 6 nitrogen and oxygen atoms in total. The van der Waals surface area contributed by atoms with E-state index in [0.717, 1.165) is 39.6 Å². The van der Waals surface area contributed by atoms with E-state index in [-0.39, 0.29) is 12.5 Å². The summed E-state index contributed by atoms with van der Waals surface area (Å²) in [6.07, 6.45) is 0.378. The van der Waals surface area contributed by atoms with E-state index in [2.05, 4.69) is 33.9 Å². The van der Waals surface area contributed by atoms with Gasteiger partial charge in [0, 0.05) is 13.1 Å². The van der Waals surface area contributed by atoms with Crippen LogP contribution < -0.4 is 0 Å². The lowest BCUT2D eigenvalue weighted by Crippen LogP contribution is -2.71. The average Bonchev–Trinajstić information content (AvgIpc) is 2.29. The SMILES string of the molecule is CC1OCCN2CN3C(C)OCCN3CN12. The van der Waals surface area contributed by atoms with Crippen LogP contribution in [0.3, 0.4) is 0 Å². The maximum Gasteiger partial charge on any atom is 0.122 e. The molecule has 6 heteroatoms. The molecule has 3 fully saturated rings. The fourth-order valence-electron chi connectivity index (χ4n) is 2.59. The summed E-state index contributed by atoms with van der Waals surface area (Å²) < 4.78 is 11.3. The second-order valence-corrected chi connectivity index (χ2v) is 4.56. The molecule has 3 aliphatic heterocycles. The normalized spacial score (nSPS) is 39.4. The van der Waals surface area contributed by atoms with Gasteiger partial charge >= 0.3 is 0 Å². The Morgan fingerprint density at radius 3 is 1.69 bits per heavy atom. The zero-order chi connectivity index (χ0) is 11.1. The zero-order valence-electron chi connectivity index (χ0n) is 10.0. The highest BCUT2D eigenvalue weighted by molar-refractivity contribution is 4.74. The number of hydrazine groups is 2. The maximum absolute atomic E-state index is 5.66. The molecule has 0 aromatic rings. The van der Waals surface area contributed by atoms with Gasteiger partial charge < -0.3 is 9.47 Å². The topological polar surface area (TPSA) is 31.4 Å². The molecular formula is C10H20N4O2. The highest BCUT2D eigenvalue weighted by Crippen LogP contribution is 2.23. The molecule has 0 aromatic heterocycles. The van der Waals surface area contributed by atoms with Gasteiger partial charge in [-0.3, -0.25) is 0 Å². The second kappa shape index (κ2) is 4.21. The maximum atomic E-state index is 5.66. The zero-order valence-corrected chi connectivity index (χ0v) is 10.0. The van der Waals surface area contributed by atoms with Crippen LogP contribution in [0, 0.1) is 0 Å². The third kappa shape index (κ3) is 1.75. The van der Waals surface area contributed by atoms with Crippen LogP contribution in [0.25, 0.3) is 0 Å². The van der Waals surface area contributed by atoms with Crippen molar-refractivity contribution in [2.24, 2.45) is 0 Å². The summed E-state index contributed by atoms with van der Waals surface area (Å²) in [4.78, 5) is 0. The Labute approximate surface area is 96.2 Å². The van der Waals surface area contributed by atoms with Crippen molar-refractivity contribution in [2.45, 2.75) is 26.3 Å². The van der Waals surface area contributed by atoms with Gasteiger partial charge in [0.25, 0.3) is 0 Å². The highest BCUT2D eigenvalue weighted by Gasteiger charge is 2.39. The lowest BCUT2D eigenvalue weighted by atomic mass is 10.4. The summed E-state index contributed by atoms with van der Waals surface area (Å²) >= 11 is 0. The molecule has 3 heterocycles. The van der Waals surface area contributed by atoms with E-state index in [9.17, 15) is 0 Å². The van der Waals surface area contributed by atoms with E-state index >= 15 is 0 Å². The first-order chi connectivity index (χ1) is 7.75. The quantitative estimate of drug-likeness (QED) is 0.566. The molecule has 0 aliphatic carbocycles. The molecule has 3 saturated heterocycles. The van der Waals surface area contributed by atoms with E-state index in [1.807, 2.05) is 0 Å². The monoisotopic (exact) mass is 228 g/mol. The minimum absolute atomic E-state index is 0.189. The van der Waals surface area contributed by atoms with Gasteiger partial charge in [0.15, 0.2) is 0 Å². The van der Waals surface area contributed by atoms with Gasteiger partial charge in [0.1, 0.15) is 12.5 Å². The van der Waals surface area contributed by atoms with Gasteiger partial charge in [-0.1, -0.05) is 0 Å². The Hall–Kier alpha value is -0.240. The molecular weight excluding hydrogens is 208 g/mol. The van der Waals surface area contributed by atoms with Crippen molar-refractivity contribution in [3.05, 3.63) is 0 Å². The van der Waals surface area contributed by atoms with Crippen LogP contribution in [0.2, 0.25) is 0 Å². The lowest BCUT2D eigenvalue weighted by Gasteiger charge is -2.55. The lowest BCUT2D eigenvalue weighted by molar-refractivity contribution is -0.341. The van der Waals surface area contributed by atoms with Crippen molar-refractivity contribution in [3.8, 4) is 0 Å². The smallest absolute Gasteiger partial charge is 0.122 e. The van der Waals surface area contributed by atoms with Crippen LogP contribution in [-0.4, -0.2) is 72.1 Å². The number of nitrogens with zero attached hydrogens (tertiary/aromatic N) is 4. The van der Waals surface area contributed by atoms with Crippen LogP contribution in [0.5, 0.6) is 0 Å². The summed E-state index contributed by atoms with van der Waals surface area (Å²) in [5.74, 6) is 0. The van der Waals surface area contributed by atoms with Gasteiger partial charge in [0.2, 0.25) is 0 Å². The van der Waals surface area contributed by atoms with Crippen molar-refractivity contribution in [1.82, 2.24) is 20.0 Å². The molecule has 0 radical (unpaired) electrons. The molecule has 3 aliphatic rings. The van der Waals surface area contributed by atoms with Crippen molar-refractivity contribution in [3.63, 3.8) is 0 Å². The molecule has 0 amide bonds. The molecule has 2 unspecified atom stereocenters. The van der Waals surface area contributed by atoms with Crippen LogP contribution in [-0.2, 0) is 9.47 Å². The van der Waals surface area contributed by atoms with Gasteiger partial charge in [-0.2, -0.15) is 10.0 Å². The van der Waals surface area contributed by atoms with Gasteiger partial charge in [-0.05, 0) is 13.8 Å². The van der Waals surface area contributed by atoms with Crippen molar-refractivity contribution in [1.29, 1.82) is 0 Å². The largest absolute Gasteiger partial charge is 0.361 e. The van der Waals surface area contributed by atoms with E-state index in [4.69, 9.17) is 9.47 Å². The molecule has 16 heavy (non-hydrogen) atoms. The first kappa shape index (κ1) is 10.9. The summed E-state index contributed by atoms with van der Waals surface area (Å²) in [6, 6.07) is 0. The first-order valence-corrected chi connectivity index (χ1v) is 6.02. The fraction of sp³-hybridized carbons (Fsp3) is 1.00. The van der Waals surface area contributed by atoms with E-state index < -0.39 is 0 Å². The minimum atomic E-state index is 0.189.